The van der Waals surface area contributed by atoms with Crippen LogP contribution in [-0.2, 0) is 6.54 Å². The minimum atomic E-state index is -0.963. The zero-order chi connectivity index (χ0) is 13.1. The van der Waals surface area contributed by atoms with Crippen LogP contribution in [-0.4, -0.2) is 14.9 Å². The third kappa shape index (κ3) is 2.36. The Hall–Kier alpha value is -1.88. The topological polar surface area (TPSA) is 64.1 Å². The fourth-order valence-corrected chi connectivity index (χ4v) is 1.92. The summed E-state index contributed by atoms with van der Waals surface area (Å²) in [6, 6.07) is 5.69. The Labute approximate surface area is 105 Å². The van der Waals surface area contributed by atoms with E-state index in [1.54, 1.807) is 16.9 Å². The van der Waals surface area contributed by atoms with Gasteiger partial charge in [0.25, 0.3) is 0 Å². The van der Waals surface area contributed by atoms with Crippen LogP contribution in [0.4, 0.5) is 10.1 Å². The van der Waals surface area contributed by atoms with Crippen LogP contribution in [0.5, 0.6) is 0 Å². The molecule has 5 heteroatoms. The Balaban J connectivity index is 2.38. The molecule has 96 valence electrons. The zero-order valence-electron chi connectivity index (χ0n) is 10.2. The first-order chi connectivity index (χ1) is 8.63. The SMILES string of the molecule is CCCn1nccc1C(O)c1cc(F)ccc1N. The molecule has 1 heterocycles. The standard InChI is InChI=1S/C13H16FN3O/c1-2-7-17-12(5-6-16-17)13(18)10-8-9(14)3-4-11(10)15/h3-6,8,13,18H,2,7,15H2,1H3. The van der Waals surface area contributed by atoms with Crippen LogP contribution in [0.15, 0.2) is 30.5 Å². The van der Waals surface area contributed by atoms with E-state index < -0.39 is 11.9 Å². The molecule has 0 spiro atoms. The molecule has 0 saturated heterocycles. The highest BCUT2D eigenvalue weighted by molar-refractivity contribution is 5.50. The Kier molecular flexibility index (Phi) is 3.62. The highest BCUT2D eigenvalue weighted by Crippen LogP contribution is 2.27. The normalized spacial score (nSPS) is 12.6. The van der Waals surface area contributed by atoms with Gasteiger partial charge in [0.2, 0.25) is 0 Å². The van der Waals surface area contributed by atoms with Gasteiger partial charge in [-0.15, -0.1) is 0 Å². The molecule has 2 aromatic rings. The van der Waals surface area contributed by atoms with Crippen LogP contribution in [0.25, 0.3) is 0 Å². The summed E-state index contributed by atoms with van der Waals surface area (Å²) >= 11 is 0. The molecule has 0 radical (unpaired) electrons. The third-order valence-corrected chi connectivity index (χ3v) is 2.81. The number of anilines is 1. The second-order valence-electron chi connectivity index (χ2n) is 4.15. The number of halogens is 1. The van der Waals surface area contributed by atoms with Crippen molar-refractivity contribution in [3.05, 3.63) is 47.5 Å². The molecule has 0 aliphatic carbocycles. The number of aromatic nitrogens is 2. The predicted octanol–water partition coefficient (Wildman–Crippen LogP) is 2.10. The lowest BCUT2D eigenvalue weighted by Gasteiger charge is -2.15. The van der Waals surface area contributed by atoms with Gasteiger partial charge in [0, 0.05) is 24.0 Å². The first kappa shape index (κ1) is 12.6. The first-order valence-electron chi connectivity index (χ1n) is 5.88. The van der Waals surface area contributed by atoms with Gasteiger partial charge in [0.15, 0.2) is 0 Å². The van der Waals surface area contributed by atoms with Gasteiger partial charge in [-0.05, 0) is 30.7 Å². The highest BCUT2D eigenvalue weighted by atomic mass is 19.1. The molecule has 0 amide bonds. The molecule has 1 aromatic heterocycles. The number of benzene rings is 1. The number of hydrogen-bond donors (Lipinski definition) is 2. The predicted molar refractivity (Wildman–Crippen MR) is 67.4 cm³/mol. The summed E-state index contributed by atoms with van der Waals surface area (Å²) in [5.74, 6) is -0.417. The number of aliphatic hydroxyl groups is 1. The summed E-state index contributed by atoms with van der Waals surface area (Å²) in [7, 11) is 0. The van der Waals surface area contributed by atoms with Crippen LogP contribution >= 0.6 is 0 Å². The van der Waals surface area contributed by atoms with Crippen molar-refractivity contribution in [2.24, 2.45) is 0 Å². The number of aryl methyl sites for hydroxylation is 1. The third-order valence-electron chi connectivity index (χ3n) is 2.81. The van der Waals surface area contributed by atoms with Gasteiger partial charge in [-0.3, -0.25) is 4.68 Å². The number of hydrogen-bond acceptors (Lipinski definition) is 3. The molecule has 0 bridgehead atoms. The van der Waals surface area contributed by atoms with Gasteiger partial charge >= 0.3 is 0 Å². The molecule has 3 N–H and O–H groups in total. The number of nitrogens with two attached hydrogens (primary N) is 1. The maximum absolute atomic E-state index is 13.2. The molecule has 1 unspecified atom stereocenters. The molecule has 1 aromatic carbocycles. The molecule has 4 nitrogen and oxygen atoms in total. The highest BCUT2D eigenvalue weighted by Gasteiger charge is 2.18. The number of rotatable bonds is 4. The summed E-state index contributed by atoms with van der Waals surface area (Å²) in [4.78, 5) is 0. The summed E-state index contributed by atoms with van der Waals surface area (Å²) in [6.45, 7) is 2.73. The lowest BCUT2D eigenvalue weighted by molar-refractivity contribution is 0.207. The summed E-state index contributed by atoms with van der Waals surface area (Å²) < 4.78 is 14.9. The Morgan fingerprint density at radius 2 is 2.22 bits per heavy atom. The Morgan fingerprint density at radius 1 is 1.44 bits per heavy atom. The maximum atomic E-state index is 13.2. The molecule has 0 saturated carbocycles. The molecule has 18 heavy (non-hydrogen) atoms. The minimum Gasteiger partial charge on any atom is -0.398 e. The van der Waals surface area contributed by atoms with E-state index >= 15 is 0 Å². The van der Waals surface area contributed by atoms with E-state index in [0.717, 1.165) is 6.42 Å². The molecular weight excluding hydrogens is 233 g/mol. The Bertz CT molecular complexity index is 539. The van der Waals surface area contributed by atoms with E-state index in [9.17, 15) is 9.50 Å². The van der Waals surface area contributed by atoms with Crippen LogP contribution in [0.2, 0.25) is 0 Å². The molecule has 0 aliphatic heterocycles. The van der Waals surface area contributed by atoms with Crippen molar-refractivity contribution in [1.29, 1.82) is 0 Å². The van der Waals surface area contributed by atoms with Crippen molar-refractivity contribution < 1.29 is 9.50 Å². The van der Waals surface area contributed by atoms with Crippen LogP contribution in [0.3, 0.4) is 0 Å². The van der Waals surface area contributed by atoms with Gasteiger partial charge in [0.05, 0.1) is 5.69 Å². The van der Waals surface area contributed by atoms with Crippen LogP contribution in [0.1, 0.15) is 30.7 Å². The molecular formula is C13H16FN3O. The van der Waals surface area contributed by atoms with Gasteiger partial charge < -0.3 is 10.8 Å². The fraction of sp³-hybridized carbons (Fsp3) is 0.308. The lowest BCUT2D eigenvalue weighted by Crippen LogP contribution is -2.11. The lowest BCUT2D eigenvalue weighted by atomic mass is 10.0. The number of nitrogens with zero attached hydrogens (tertiary/aromatic N) is 2. The van der Waals surface area contributed by atoms with Crippen molar-refractivity contribution in [3.63, 3.8) is 0 Å². The number of aliphatic hydroxyl groups excluding tert-OH is 1. The van der Waals surface area contributed by atoms with Crippen molar-refractivity contribution >= 4 is 5.69 Å². The maximum Gasteiger partial charge on any atom is 0.123 e. The molecule has 0 aliphatic rings. The van der Waals surface area contributed by atoms with Crippen molar-refractivity contribution in [2.75, 3.05) is 5.73 Å². The molecule has 1 atom stereocenters. The summed E-state index contributed by atoms with van der Waals surface area (Å²) in [5.41, 5.74) is 7.12. The van der Waals surface area contributed by atoms with E-state index in [2.05, 4.69) is 5.10 Å². The van der Waals surface area contributed by atoms with Gasteiger partial charge in [0.1, 0.15) is 11.9 Å². The number of nitrogen functional groups attached to an aromatic ring is 1. The smallest absolute Gasteiger partial charge is 0.123 e. The van der Waals surface area contributed by atoms with E-state index in [4.69, 9.17) is 5.73 Å². The minimum absolute atomic E-state index is 0.368. The van der Waals surface area contributed by atoms with Crippen molar-refractivity contribution in [3.8, 4) is 0 Å². The first-order valence-corrected chi connectivity index (χ1v) is 5.88. The van der Waals surface area contributed by atoms with Crippen molar-refractivity contribution in [1.82, 2.24) is 9.78 Å². The monoisotopic (exact) mass is 249 g/mol. The van der Waals surface area contributed by atoms with Gasteiger partial charge in [-0.1, -0.05) is 6.92 Å². The van der Waals surface area contributed by atoms with E-state index in [1.807, 2.05) is 6.92 Å². The average Bonchev–Trinajstić information content (AvgIpc) is 2.80. The quantitative estimate of drug-likeness (QED) is 0.815. The summed E-state index contributed by atoms with van der Waals surface area (Å²) in [6.07, 6.45) is 1.55. The second kappa shape index (κ2) is 5.18. The van der Waals surface area contributed by atoms with E-state index in [0.29, 0.717) is 23.5 Å². The van der Waals surface area contributed by atoms with Crippen LogP contribution < -0.4 is 5.73 Å². The van der Waals surface area contributed by atoms with Gasteiger partial charge in [-0.25, -0.2) is 4.39 Å². The Morgan fingerprint density at radius 3 is 2.94 bits per heavy atom. The fourth-order valence-electron chi connectivity index (χ4n) is 1.92. The second-order valence-corrected chi connectivity index (χ2v) is 4.15. The molecule has 0 fully saturated rings. The van der Waals surface area contributed by atoms with Crippen LogP contribution in [0, 0.1) is 5.82 Å². The summed E-state index contributed by atoms with van der Waals surface area (Å²) in [5, 5.41) is 14.4. The van der Waals surface area contributed by atoms with E-state index in [1.165, 1.54) is 18.2 Å². The largest absolute Gasteiger partial charge is 0.398 e. The van der Waals surface area contributed by atoms with E-state index in [-0.39, 0.29) is 0 Å². The zero-order valence-corrected chi connectivity index (χ0v) is 10.2. The molecule has 2 rings (SSSR count). The van der Waals surface area contributed by atoms with Crippen molar-refractivity contribution in [2.45, 2.75) is 26.0 Å². The van der Waals surface area contributed by atoms with Gasteiger partial charge in [-0.2, -0.15) is 5.10 Å². The average molecular weight is 249 g/mol.